The van der Waals surface area contributed by atoms with E-state index in [9.17, 15) is 0 Å². The summed E-state index contributed by atoms with van der Waals surface area (Å²) in [6, 6.07) is 45.0. The Bertz CT molecular complexity index is 2370. The Morgan fingerprint density at radius 1 is 0.321 bits per heavy atom. The van der Waals surface area contributed by atoms with Crippen molar-refractivity contribution < 1.29 is 46.4 Å². The molecule has 9 nitrogen and oxygen atoms in total. The number of pyridine rings is 3. The minimum atomic E-state index is 0. The molecule has 0 atom stereocenters. The fourth-order valence-electron chi connectivity index (χ4n) is 8.99. The van der Waals surface area contributed by atoms with Gasteiger partial charge in [-0.25, -0.2) is 13.7 Å². The van der Waals surface area contributed by atoms with Gasteiger partial charge in [0.25, 0.3) is 0 Å². The molecule has 0 spiro atoms. The average molecular weight is 1600 g/mol. The zero-order valence-electron chi connectivity index (χ0n) is 75.0. The molecule has 3 aliphatic rings. The van der Waals surface area contributed by atoms with Crippen molar-refractivity contribution in [1.29, 1.82) is 0 Å². The van der Waals surface area contributed by atoms with Crippen LogP contribution in [0.5, 0.6) is 0 Å². The third-order valence-corrected chi connectivity index (χ3v) is 16.6. The third-order valence-electron chi connectivity index (χ3n) is 13.7. The summed E-state index contributed by atoms with van der Waals surface area (Å²) in [5.74, 6) is 3.30. The van der Waals surface area contributed by atoms with E-state index in [0.717, 1.165) is 51.1 Å². The molecule has 607 valence electrons. The van der Waals surface area contributed by atoms with Crippen LogP contribution in [0.25, 0.3) is 0 Å². The van der Waals surface area contributed by atoms with Crippen molar-refractivity contribution >= 4 is 51.4 Å². The van der Waals surface area contributed by atoms with Gasteiger partial charge in [0, 0.05) is 153 Å². The maximum atomic E-state index is 4.84. The number of aromatic nitrogens is 3. The van der Waals surface area contributed by atoms with E-state index in [1.165, 1.54) is 138 Å². The first kappa shape index (κ1) is 120. The topological polar surface area (TPSA) is 58.4 Å². The van der Waals surface area contributed by atoms with Crippen LogP contribution in [-0.2, 0) is 103 Å². The Morgan fingerprint density at radius 3 is 0.651 bits per heavy atom. The van der Waals surface area contributed by atoms with Crippen LogP contribution in [-0.4, -0.2) is 91.7 Å². The molecule has 0 bridgehead atoms. The van der Waals surface area contributed by atoms with E-state index in [2.05, 4.69) is 238 Å². The Kier molecular flexibility index (Phi) is 114. The second kappa shape index (κ2) is 101. The molecule has 0 N–H and O–H groups in total. The maximum absolute atomic E-state index is 4.84. The summed E-state index contributed by atoms with van der Waals surface area (Å²) in [5.41, 5.74) is 13.0. The minimum absolute atomic E-state index is 0. The molecule has 3 aliphatic carbocycles. The van der Waals surface area contributed by atoms with Crippen molar-refractivity contribution in [3.8, 4) is 0 Å². The van der Waals surface area contributed by atoms with Gasteiger partial charge in [-0.05, 0) is 157 Å². The van der Waals surface area contributed by atoms with Crippen molar-refractivity contribution in [3.63, 3.8) is 0 Å². The van der Waals surface area contributed by atoms with Crippen molar-refractivity contribution in [3.05, 3.63) is 198 Å². The number of hydrazone groups is 3. The van der Waals surface area contributed by atoms with Crippen LogP contribution in [0.2, 0.25) is 0 Å². The van der Waals surface area contributed by atoms with Crippen molar-refractivity contribution in [2.45, 2.75) is 321 Å². The van der Waals surface area contributed by atoms with E-state index in [1.54, 1.807) is 33.4 Å². The van der Waals surface area contributed by atoms with Crippen molar-refractivity contribution in [2.75, 3.05) is 59.5 Å². The summed E-state index contributed by atoms with van der Waals surface area (Å²) in [7, 11) is 15.6. The first-order valence-electron chi connectivity index (χ1n) is 41.5. The predicted octanol–water partition coefficient (Wildman–Crippen LogP) is 26.1. The summed E-state index contributed by atoms with van der Waals surface area (Å²) < 4.78 is 6.64. The van der Waals surface area contributed by atoms with Gasteiger partial charge in [-0.1, -0.05) is 277 Å². The monoisotopic (exact) mass is 1600 g/mol. The van der Waals surface area contributed by atoms with Gasteiger partial charge in [0.2, 0.25) is 0 Å². The smallest absolute Gasteiger partial charge is 0.168 e. The average Bonchev–Trinajstić information content (AvgIpc) is 0.889. The Balaban J connectivity index is -0.000000142. The van der Waals surface area contributed by atoms with Gasteiger partial charge in [0.15, 0.2) is 37.2 Å². The summed E-state index contributed by atoms with van der Waals surface area (Å²) >= 11 is 4.84. The number of nitrogens with zero attached hydrogens (tertiary/aromatic N) is 9. The summed E-state index contributed by atoms with van der Waals surface area (Å²) in [5, 5.41) is 17.9. The van der Waals surface area contributed by atoms with E-state index in [1.807, 2.05) is 201 Å². The second-order valence-electron chi connectivity index (χ2n) is 23.9. The van der Waals surface area contributed by atoms with E-state index in [0.29, 0.717) is 0 Å². The van der Waals surface area contributed by atoms with Gasteiger partial charge in [0.1, 0.15) is 19.6 Å². The third kappa shape index (κ3) is 85.3. The molecule has 0 unspecified atom stereocenters. The van der Waals surface area contributed by atoms with Crippen molar-refractivity contribution in [1.82, 2.24) is 15.0 Å². The maximum Gasteiger partial charge on any atom is 0.168 e. The van der Waals surface area contributed by atoms with Crippen LogP contribution in [0, 0.1) is 0 Å². The molecule has 6 aromatic rings. The van der Waals surface area contributed by atoms with Crippen LogP contribution >= 0.6 is 21.6 Å². The first-order chi connectivity index (χ1) is 51.0. The van der Waals surface area contributed by atoms with Gasteiger partial charge in [0.05, 0.1) is 0 Å². The van der Waals surface area contributed by atoms with E-state index < -0.39 is 0 Å². The van der Waals surface area contributed by atoms with Crippen LogP contribution in [0.15, 0.2) is 180 Å². The van der Waals surface area contributed by atoms with Crippen LogP contribution in [0.3, 0.4) is 0 Å². The number of rotatable bonds is 18. The molecule has 1 radical (unpaired) electrons. The molecular formula is C93H171N9S3Y+2. The van der Waals surface area contributed by atoms with Gasteiger partial charge < -0.3 is 27.7 Å². The van der Waals surface area contributed by atoms with Crippen molar-refractivity contribution in [2.24, 2.45) is 15.3 Å². The van der Waals surface area contributed by atoms with Crippen LogP contribution in [0.1, 0.15) is 296 Å². The molecule has 3 aromatic carbocycles. The second-order valence-corrected chi connectivity index (χ2v) is 27.0. The summed E-state index contributed by atoms with van der Waals surface area (Å²) in [6.45, 7) is 52.4. The minimum Gasteiger partial charge on any atom is -0.792 e. The molecular weight excluding hydrogens is 1430 g/mol. The number of hydrogen-bond acceptors (Lipinski definition) is 9. The molecule has 0 amide bonds. The Labute approximate surface area is 700 Å². The molecule has 13 heteroatoms. The van der Waals surface area contributed by atoms with Crippen LogP contribution < -0.4 is 13.7 Å². The molecule has 3 aromatic heterocycles. The van der Waals surface area contributed by atoms with E-state index >= 15 is 0 Å². The van der Waals surface area contributed by atoms with Gasteiger partial charge in [-0.3, -0.25) is 0 Å². The Hall–Kier alpha value is -4.33. The van der Waals surface area contributed by atoms with Gasteiger partial charge >= 0.3 is 0 Å². The molecule has 0 aliphatic heterocycles. The normalized spacial score (nSPS) is 11.1. The molecule has 0 saturated carbocycles. The number of hydrogen-bond donors (Lipinski definition) is 0. The Morgan fingerprint density at radius 2 is 0.500 bits per heavy atom. The fraction of sp³-hybridized carbons (Fsp3) is 0.613. The zero-order valence-corrected chi connectivity index (χ0v) is 80.3. The molecule has 3 heterocycles. The standard InChI is InChI=1S/C16H22N2S2.3C10H12.C8H11NS.3C6H14N2.3C3H8.6C2H6.Y/c1-3-9-17(10-4-1)13-7-15-19-20-16-8-14-18-11-5-2-6-12-18;3*1-2-6-10-8-4-3-7-9(10)5-1;10-8-4-7-9-5-2-1-3-6-9;3*1-5-6(2)7-8(3)4;3*1-3-2;6*1-2;/h1-6,9-12H,7-8,13-16H2;3*1-2,5-6H,3-4,7-8H2;1-3,5-6H,4,7-8H2;3*5H2,1-4H3;3*3H2,1-2H3;6*1-2H3;/q+2;;;;;;;;;;;;;;;;;/b;;;;;3*7-6-;;;;;;;;;;. The first-order valence-corrected chi connectivity index (χ1v) is 44.6. The quantitative estimate of drug-likeness (QED) is 0.0213. The molecule has 0 fully saturated rings. The molecule has 9 rings (SSSR count). The van der Waals surface area contributed by atoms with Crippen LogP contribution in [0.4, 0.5) is 0 Å². The van der Waals surface area contributed by atoms with Gasteiger partial charge in [-0.15, -0.1) is 0 Å². The summed E-state index contributed by atoms with van der Waals surface area (Å²) in [6.07, 6.45) is 39.2. The zero-order chi connectivity index (χ0) is 81.4. The summed E-state index contributed by atoms with van der Waals surface area (Å²) in [4.78, 5) is 0. The number of benzene rings is 3. The molecule has 106 heavy (non-hydrogen) atoms. The van der Waals surface area contributed by atoms with E-state index in [4.69, 9.17) is 12.6 Å². The molecule has 0 saturated heterocycles. The number of fused-ring (bicyclic) bond motifs is 3. The number of aryl methyl sites for hydroxylation is 9. The fourth-order valence-corrected chi connectivity index (χ4v) is 11.3. The van der Waals surface area contributed by atoms with Gasteiger partial charge in [-0.2, -0.15) is 21.1 Å². The largest absolute Gasteiger partial charge is 0.792 e. The predicted molar refractivity (Wildman–Crippen MR) is 487 cm³/mol. The SMILES string of the molecule is CC.CC.CC.CC.CC.CC.CC/C(C)=N\N(C)C.CC/C(C)=N\N(C)C.CC/C(C)=N\N(C)C.CCC.CCC.CCC.[S-]CCC[n+]1ccccc1.[Y].c1cc[n+](CCCSSCCC[n+]2ccccc2)cc1.c1ccc2c(c1)CCCC2.c1ccc2c(c1)CCCC2.c1ccc2c(c1)CCCC2. The van der Waals surface area contributed by atoms with E-state index in [-0.39, 0.29) is 32.7 Å².